The van der Waals surface area contributed by atoms with Crippen LogP contribution in [0.1, 0.15) is 59.3 Å². The minimum atomic E-state index is -0.0196. The normalized spacial score (nSPS) is 20.4. The van der Waals surface area contributed by atoms with Gasteiger partial charge in [0.1, 0.15) is 12.4 Å². The van der Waals surface area contributed by atoms with Gasteiger partial charge in [0.2, 0.25) is 0 Å². The number of nitrogens with zero attached hydrogens (tertiary/aromatic N) is 1. The summed E-state index contributed by atoms with van der Waals surface area (Å²) in [5.41, 5.74) is 2.29. The Balaban J connectivity index is 2.87. The Labute approximate surface area is 160 Å². The molecule has 1 aliphatic rings. The second-order valence-electron chi connectivity index (χ2n) is 6.32. The third-order valence-electron chi connectivity index (χ3n) is 4.13. The van der Waals surface area contributed by atoms with E-state index in [2.05, 4.69) is 25.9 Å². The van der Waals surface area contributed by atoms with Gasteiger partial charge < -0.3 is 9.94 Å². The number of ketones is 1. The molecule has 1 aliphatic carbocycles. The fourth-order valence-electron chi connectivity index (χ4n) is 3.04. The van der Waals surface area contributed by atoms with Crippen LogP contribution in [0.25, 0.3) is 0 Å². The monoisotopic (exact) mass is 387 g/mol. The number of allylic oxidation sites excluding steroid dienone is 2. The fraction of sp³-hybridized carbons (Fsp3) is 0.684. The van der Waals surface area contributed by atoms with E-state index in [0.29, 0.717) is 35.8 Å². The standard InChI is InChI=1S/C19H30ClNO3S/c1-4-6-8-16(21-24-10-7-9-20)19-17(22)12-15(13-18(19)23)11-14(3)25-5-2/h7,9,14-15,22H,4-6,8,10-13H2,1-3H3/b9-7+,21-16?. The van der Waals surface area contributed by atoms with Crippen molar-refractivity contribution in [3.8, 4) is 0 Å². The van der Waals surface area contributed by atoms with E-state index in [4.69, 9.17) is 16.4 Å². The number of oxime groups is 1. The number of aliphatic hydroxyl groups is 1. The van der Waals surface area contributed by atoms with Gasteiger partial charge in [-0.3, -0.25) is 4.79 Å². The summed E-state index contributed by atoms with van der Waals surface area (Å²) in [5.74, 6) is 1.42. The summed E-state index contributed by atoms with van der Waals surface area (Å²) in [6.45, 7) is 6.64. The van der Waals surface area contributed by atoms with E-state index in [1.165, 1.54) is 5.54 Å². The summed E-state index contributed by atoms with van der Waals surface area (Å²) < 4.78 is 0. The van der Waals surface area contributed by atoms with Gasteiger partial charge >= 0.3 is 0 Å². The lowest BCUT2D eigenvalue weighted by Gasteiger charge is -2.26. The van der Waals surface area contributed by atoms with Crippen LogP contribution in [0.4, 0.5) is 0 Å². The summed E-state index contributed by atoms with van der Waals surface area (Å²) in [4.78, 5) is 17.9. The number of unbranched alkanes of at least 4 members (excludes halogenated alkanes) is 1. The first-order chi connectivity index (χ1) is 12.0. The fourth-order valence-corrected chi connectivity index (χ4v) is 4.09. The van der Waals surface area contributed by atoms with Crippen molar-refractivity contribution in [1.82, 2.24) is 0 Å². The highest BCUT2D eigenvalue weighted by Gasteiger charge is 2.31. The maximum Gasteiger partial charge on any atom is 0.168 e. The van der Waals surface area contributed by atoms with E-state index in [1.807, 2.05) is 11.8 Å². The molecule has 0 bridgehead atoms. The van der Waals surface area contributed by atoms with Crippen LogP contribution in [0.3, 0.4) is 0 Å². The summed E-state index contributed by atoms with van der Waals surface area (Å²) in [7, 11) is 0. The lowest BCUT2D eigenvalue weighted by atomic mass is 9.82. The van der Waals surface area contributed by atoms with Gasteiger partial charge in [-0.1, -0.05) is 43.9 Å². The lowest BCUT2D eigenvalue weighted by molar-refractivity contribution is -0.116. The molecule has 4 nitrogen and oxygen atoms in total. The third-order valence-corrected chi connectivity index (χ3v) is 5.40. The summed E-state index contributed by atoms with van der Waals surface area (Å²) in [5, 5.41) is 15.1. The van der Waals surface area contributed by atoms with Crippen LogP contribution in [0, 0.1) is 5.92 Å². The molecule has 1 rings (SSSR count). The van der Waals surface area contributed by atoms with E-state index >= 15 is 0 Å². The lowest BCUT2D eigenvalue weighted by Crippen LogP contribution is -2.26. The van der Waals surface area contributed by atoms with Crippen molar-refractivity contribution in [3.05, 3.63) is 22.9 Å². The summed E-state index contributed by atoms with van der Waals surface area (Å²) in [6, 6.07) is 0. The second-order valence-corrected chi connectivity index (χ2v) is 8.29. The predicted molar refractivity (Wildman–Crippen MR) is 108 cm³/mol. The average Bonchev–Trinajstić information content (AvgIpc) is 2.55. The van der Waals surface area contributed by atoms with Gasteiger partial charge in [-0.05, 0) is 37.0 Å². The number of hydrogen-bond acceptors (Lipinski definition) is 5. The minimum Gasteiger partial charge on any atom is -0.511 e. The SMILES string of the molecule is CCCCC(=NOC/C=C/Cl)C1=C(O)CC(CC(C)SCC)CC1=O. The van der Waals surface area contributed by atoms with Gasteiger partial charge in [0, 0.05) is 23.6 Å². The van der Waals surface area contributed by atoms with E-state index in [1.54, 1.807) is 6.08 Å². The molecular weight excluding hydrogens is 358 g/mol. The minimum absolute atomic E-state index is 0.0196. The Morgan fingerprint density at radius 3 is 2.84 bits per heavy atom. The Kier molecular flexibility index (Phi) is 11.0. The molecule has 0 heterocycles. The van der Waals surface area contributed by atoms with Crippen molar-refractivity contribution in [1.29, 1.82) is 0 Å². The van der Waals surface area contributed by atoms with Crippen LogP contribution in [0.15, 0.2) is 28.1 Å². The summed E-state index contributed by atoms with van der Waals surface area (Å²) in [6.07, 6.45) is 6.09. The van der Waals surface area contributed by atoms with Gasteiger partial charge in [0.05, 0.1) is 11.3 Å². The molecule has 2 atom stereocenters. The number of thioether (sulfide) groups is 1. The van der Waals surface area contributed by atoms with Crippen LogP contribution in [0.5, 0.6) is 0 Å². The van der Waals surface area contributed by atoms with E-state index in [-0.39, 0.29) is 24.1 Å². The molecule has 0 aromatic carbocycles. The topological polar surface area (TPSA) is 58.9 Å². The van der Waals surface area contributed by atoms with E-state index < -0.39 is 0 Å². The molecule has 0 amide bonds. The van der Waals surface area contributed by atoms with Gasteiger partial charge in [0.15, 0.2) is 5.78 Å². The maximum atomic E-state index is 12.7. The molecule has 2 unspecified atom stereocenters. The van der Waals surface area contributed by atoms with Gasteiger partial charge in [-0.2, -0.15) is 11.8 Å². The molecule has 25 heavy (non-hydrogen) atoms. The zero-order valence-corrected chi connectivity index (χ0v) is 17.0. The smallest absolute Gasteiger partial charge is 0.168 e. The van der Waals surface area contributed by atoms with E-state index in [0.717, 1.165) is 25.0 Å². The molecule has 0 aliphatic heterocycles. The zero-order chi connectivity index (χ0) is 18.7. The van der Waals surface area contributed by atoms with Crippen LogP contribution in [-0.2, 0) is 9.63 Å². The maximum absolute atomic E-state index is 12.7. The van der Waals surface area contributed by atoms with Crippen LogP contribution < -0.4 is 0 Å². The van der Waals surface area contributed by atoms with E-state index in [9.17, 15) is 9.90 Å². The number of hydrogen-bond donors (Lipinski definition) is 1. The van der Waals surface area contributed by atoms with Crippen molar-refractivity contribution >= 4 is 34.9 Å². The highest BCUT2D eigenvalue weighted by molar-refractivity contribution is 7.99. The molecule has 0 spiro atoms. The second kappa shape index (κ2) is 12.4. The quantitative estimate of drug-likeness (QED) is 0.284. The Morgan fingerprint density at radius 2 is 2.24 bits per heavy atom. The molecule has 0 saturated heterocycles. The Bertz CT molecular complexity index is 517. The van der Waals surface area contributed by atoms with Crippen molar-refractivity contribution in [3.63, 3.8) is 0 Å². The van der Waals surface area contributed by atoms with Crippen molar-refractivity contribution in [2.75, 3.05) is 12.4 Å². The highest BCUT2D eigenvalue weighted by Crippen LogP contribution is 2.32. The van der Waals surface area contributed by atoms with Crippen molar-refractivity contribution in [2.24, 2.45) is 11.1 Å². The van der Waals surface area contributed by atoms with Gasteiger partial charge in [-0.15, -0.1) is 0 Å². The number of carbonyl (C=O) groups is 1. The molecule has 1 N–H and O–H groups in total. The Morgan fingerprint density at radius 1 is 1.48 bits per heavy atom. The number of rotatable bonds is 11. The number of carbonyl (C=O) groups excluding carboxylic acids is 1. The number of Topliss-reactive ketones (excluding diaryl/α,β-unsaturated/α-hetero) is 1. The van der Waals surface area contributed by atoms with Gasteiger partial charge in [0.25, 0.3) is 0 Å². The van der Waals surface area contributed by atoms with Crippen LogP contribution in [0.2, 0.25) is 0 Å². The molecule has 0 saturated carbocycles. The highest BCUT2D eigenvalue weighted by atomic mass is 35.5. The zero-order valence-electron chi connectivity index (χ0n) is 15.5. The number of halogens is 1. The van der Waals surface area contributed by atoms with Crippen molar-refractivity contribution < 1.29 is 14.7 Å². The number of aliphatic hydroxyl groups excluding tert-OH is 1. The first-order valence-electron chi connectivity index (χ1n) is 9.04. The first kappa shape index (κ1) is 22.1. The molecule has 0 aromatic heterocycles. The van der Waals surface area contributed by atoms with Crippen molar-refractivity contribution in [2.45, 2.75) is 64.5 Å². The first-order valence-corrected chi connectivity index (χ1v) is 10.5. The van der Waals surface area contributed by atoms with Crippen LogP contribution in [-0.4, -0.2) is 34.2 Å². The molecule has 6 heteroatoms. The molecule has 0 radical (unpaired) electrons. The Hall–Kier alpha value is -0.940. The summed E-state index contributed by atoms with van der Waals surface area (Å²) >= 11 is 7.35. The molecular formula is C19H30ClNO3S. The molecule has 0 aromatic rings. The molecule has 0 fully saturated rings. The predicted octanol–water partition coefficient (Wildman–Crippen LogP) is 5.62. The van der Waals surface area contributed by atoms with Crippen LogP contribution >= 0.6 is 23.4 Å². The largest absolute Gasteiger partial charge is 0.511 e. The third kappa shape index (κ3) is 7.87. The van der Waals surface area contributed by atoms with Gasteiger partial charge in [-0.25, -0.2) is 0 Å². The molecule has 142 valence electrons. The average molecular weight is 388 g/mol.